The van der Waals surface area contributed by atoms with Crippen LogP contribution in [0.5, 0.6) is 0 Å². The van der Waals surface area contributed by atoms with Crippen molar-refractivity contribution in [1.29, 1.82) is 0 Å². The summed E-state index contributed by atoms with van der Waals surface area (Å²) in [5.41, 5.74) is 0.0423. The van der Waals surface area contributed by atoms with Crippen LogP contribution in [0.15, 0.2) is 41.2 Å². The summed E-state index contributed by atoms with van der Waals surface area (Å²) in [7, 11) is 3.23. The van der Waals surface area contributed by atoms with Crippen molar-refractivity contribution in [2.45, 2.75) is 19.6 Å². The Hall–Kier alpha value is -3.63. The molecule has 11 heteroatoms. The summed E-state index contributed by atoms with van der Waals surface area (Å²) < 4.78 is 44.8. The SMILES string of the molecule is Cc1onc(-c2ccc(C(F)(F)F)cc2)c1C(=O)Nc1cnn(CC(=O)N(C)C)c1. The zero-order chi connectivity index (χ0) is 22.1. The molecule has 0 aliphatic heterocycles. The number of carbonyl (C=O) groups excluding carboxylic acids is 2. The van der Waals surface area contributed by atoms with Gasteiger partial charge in [-0.05, 0) is 19.1 Å². The summed E-state index contributed by atoms with van der Waals surface area (Å²) in [6, 6.07) is 4.27. The van der Waals surface area contributed by atoms with E-state index in [-0.39, 0.29) is 29.5 Å². The van der Waals surface area contributed by atoms with Gasteiger partial charge in [-0.15, -0.1) is 0 Å². The predicted molar refractivity (Wildman–Crippen MR) is 101 cm³/mol. The number of alkyl halides is 3. The Morgan fingerprint density at radius 2 is 1.87 bits per heavy atom. The molecule has 0 unspecified atom stereocenters. The van der Waals surface area contributed by atoms with Crippen molar-refractivity contribution in [2.75, 3.05) is 19.4 Å². The molecule has 0 saturated heterocycles. The lowest BCUT2D eigenvalue weighted by Gasteiger charge is -2.09. The van der Waals surface area contributed by atoms with Gasteiger partial charge in [0, 0.05) is 25.9 Å². The highest BCUT2D eigenvalue weighted by Gasteiger charge is 2.30. The molecule has 0 radical (unpaired) electrons. The molecule has 0 atom stereocenters. The van der Waals surface area contributed by atoms with Crippen molar-refractivity contribution >= 4 is 17.5 Å². The number of carbonyl (C=O) groups is 2. The minimum absolute atomic E-state index is 0.00592. The molecule has 2 aromatic heterocycles. The van der Waals surface area contributed by atoms with Crippen molar-refractivity contribution < 1.29 is 27.3 Å². The first-order valence-electron chi connectivity index (χ1n) is 8.74. The van der Waals surface area contributed by atoms with Crippen LogP contribution in [0.3, 0.4) is 0 Å². The van der Waals surface area contributed by atoms with E-state index in [2.05, 4.69) is 15.6 Å². The number of aromatic nitrogens is 3. The first kappa shape index (κ1) is 21.1. The van der Waals surface area contributed by atoms with E-state index in [1.807, 2.05) is 0 Å². The summed E-state index contributed by atoms with van der Waals surface area (Å²) in [6.07, 6.45) is -1.60. The van der Waals surface area contributed by atoms with Crippen molar-refractivity contribution in [2.24, 2.45) is 0 Å². The van der Waals surface area contributed by atoms with Gasteiger partial charge >= 0.3 is 6.18 Å². The second kappa shape index (κ2) is 8.01. The number of rotatable bonds is 5. The van der Waals surface area contributed by atoms with Gasteiger partial charge in [0.25, 0.3) is 5.91 Å². The minimum atomic E-state index is -4.47. The quantitative estimate of drug-likeness (QED) is 0.683. The Balaban J connectivity index is 1.80. The van der Waals surface area contributed by atoms with Crippen molar-refractivity contribution in [3.8, 4) is 11.3 Å². The number of nitrogens with one attached hydrogen (secondary N) is 1. The Morgan fingerprint density at radius 3 is 2.47 bits per heavy atom. The monoisotopic (exact) mass is 421 g/mol. The van der Waals surface area contributed by atoms with Gasteiger partial charge < -0.3 is 14.7 Å². The maximum atomic E-state index is 12.8. The summed E-state index contributed by atoms with van der Waals surface area (Å²) in [5, 5.41) is 10.5. The lowest BCUT2D eigenvalue weighted by atomic mass is 10.0. The summed E-state index contributed by atoms with van der Waals surface area (Å²) in [6.45, 7) is 1.53. The van der Waals surface area contributed by atoms with Gasteiger partial charge in [0.05, 0.1) is 17.4 Å². The van der Waals surface area contributed by atoms with Gasteiger partial charge in [0.2, 0.25) is 5.91 Å². The third kappa shape index (κ3) is 4.50. The Morgan fingerprint density at radius 1 is 1.20 bits per heavy atom. The van der Waals surface area contributed by atoms with Crippen LogP contribution in [0.4, 0.5) is 18.9 Å². The summed E-state index contributed by atoms with van der Waals surface area (Å²) in [5.74, 6) is -0.532. The van der Waals surface area contributed by atoms with Crippen LogP contribution in [0.25, 0.3) is 11.3 Å². The molecule has 0 bridgehead atoms. The number of benzene rings is 1. The number of anilines is 1. The van der Waals surface area contributed by atoms with Gasteiger partial charge in [-0.1, -0.05) is 17.3 Å². The van der Waals surface area contributed by atoms with E-state index in [4.69, 9.17) is 4.52 Å². The highest BCUT2D eigenvalue weighted by Crippen LogP contribution is 2.32. The van der Waals surface area contributed by atoms with Crippen LogP contribution in [0.1, 0.15) is 21.7 Å². The fourth-order valence-corrected chi connectivity index (χ4v) is 2.64. The Bertz CT molecular complexity index is 1070. The minimum Gasteiger partial charge on any atom is -0.360 e. The second-order valence-corrected chi connectivity index (χ2v) is 6.71. The van der Waals surface area contributed by atoms with Gasteiger partial charge in [-0.25, -0.2) is 0 Å². The second-order valence-electron chi connectivity index (χ2n) is 6.71. The molecule has 30 heavy (non-hydrogen) atoms. The van der Waals surface area contributed by atoms with E-state index < -0.39 is 17.6 Å². The van der Waals surface area contributed by atoms with Crippen LogP contribution < -0.4 is 5.32 Å². The first-order chi connectivity index (χ1) is 14.1. The summed E-state index contributed by atoms with van der Waals surface area (Å²) in [4.78, 5) is 25.9. The number of nitrogens with zero attached hydrogens (tertiary/aromatic N) is 4. The van der Waals surface area contributed by atoms with Crippen molar-refractivity contribution in [3.63, 3.8) is 0 Å². The standard InChI is InChI=1S/C19H18F3N5O3/c1-11-16(17(25-30-11)12-4-6-13(7-5-12)19(20,21)22)18(29)24-14-8-23-27(9-14)10-15(28)26(2)3/h4-9H,10H2,1-3H3,(H,24,29). The fraction of sp³-hybridized carbons (Fsp3) is 0.263. The molecule has 2 amide bonds. The largest absolute Gasteiger partial charge is 0.416 e. The Labute approximate surface area is 169 Å². The molecule has 158 valence electrons. The normalized spacial score (nSPS) is 11.4. The number of amides is 2. The average molecular weight is 421 g/mol. The van der Waals surface area contributed by atoms with Gasteiger partial charge in [0.15, 0.2) is 0 Å². The van der Waals surface area contributed by atoms with Gasteiger partial charge in [-0.3, -0.25) is 14.3 Å². The molecule has 1 N–H and O–H groups in total. The van der Waals surface area contributed by atoms with Crippen LogP contribution in [-0.4, -0.2) is 45.7 Å². The molecular weight excluding hydrogens is 403 g/mol. The van der Waals surface area contributed by atoms with Crippen LogP contribution >= 0.6 is 0 Å². The lowest BCUT2D eigenvalue weighted by Crippen LogP contribution is -2.26. The molecular formula is C19H18F3N5O3. The Kier molecular flexibility index (Phi) is 5.63. The maximum absolute atomic E-state index is 12.8. The van der Waals surface area contributed by atoms with Crippen LogP contribution in [0, 0.1) is 6.92 Å². The van der Waals surface area contributed by atoms with Gasteiger partial charge in [0.1, 0.15) is 23.6 Å². The molecule has 0 saturated carbocycles. The zero-order valence-corrected chi connectivity index (χ0v) is 16.3. The number of hydrogen-bond acceptors (Lipinski definition) is 5. The topological polar surface area (TPSA) is 93.3 Å². The molecule has 3 rings (SSSR count). The summed E-state index contributed by atoms with van der Waals surface area (Å²) >= 11 is 0. The molecule has 0 aliphatic carbocycles. The van der Waals surface area contributed by atoms with Crippen LogP contribution in [0.2, 0.25) is 0 Å². The molecule has 0 aliphatic rings. The maximum Gasteiger partial charge on any atom is 0.416 e. The predicted octanol–water partition coefficient (Wildman–Crippen LogP) is 3.21. The highest BCUT2D eigenvalue weighted by atomic mass is 19.4. The molecule has 2 heterocycles. The fourth-order valence-electron chi connectivity index (χ4n) is 2.64. The van der Waals surface area contributed by atoms with E-state index in [0.29, 0.717) is 11.3 Å². The van der Waals surface area contributed by atoms with Crippen molar-refractivity contribution in [1.82, 2.24) is 19.8 Å². The molecule has 0 spiro atoms. The number of halogens is 3. The zero-order valence-electron chi connectivity index (χ0n) is 16.3. The van der Waals surface area contributed by atoms with E-state index in [0.717, 1.165) is 12.1 Å². The molecule has 1 aromatic carbocycles. The highest BCUT2D eigenvalue weighted by molar-refractivity contribution is 6.08. The van der Waals surface area contributed by atoms with Crippen molar-refractivity contribution in [3.05, 3.63) is 53.5 Å². The van der Waals surface area contributed by atoms with E-state index >= 15 is 0 Å². The number of likely N-dealkylation sites (N-methyl/N-ethyl adjacent to an activating group) is 1. The van der Waals surface area contributed by atoms with Gasteiger partial charge in [-0.2, -0.15) is 18.3 Å². The third-order valence-electron chi connectivity index (χ3n) is 4.26. The molecule has 3 aromatic rings. The number of aryl methyl sites for hydroxylation is 1. The number of hydrogen-bond donors (Lipinski definition) is 1. The smallest absolute Gasteiger partial charge is 0.360 e. The van der Waals surface area contributed by atoms with Crippen LogP contribution in [-0.2, 0) is 17.5 Å². The molecule has 0 fully saturated rings. The molecule has 8 nitrogen and oxygen atoms in total. The average Bonchev–Trinajstić information content (AvgIpc) is 3.27. The first-order valence-corrected chi connectivity index (χ1v) is 8.74. The van der Waals surface area contributed by atoms with E-state index in [9.17, 15) is 22.8 Å². The van der Waals surface area contributed by atoms with E-state index in [1.54, 1.807) is 14.1 Å². The van der Waals surface area contributed by atoms with E-state index in [1.165, 1.54) is 41.0 Å². The lowest BCUT2D eigenvalue weighted by molar-refractivity contribution is -0.137. The third-order valence-corrected chi connectivity index (χ3v) is 4.26.